The van der Waals surface area contributed by atoms with Crippen LogP contribution in [0.1, 0.15) is 0 Å². The summed E-state index contributed by atoms with van der Waals surface area (Å²) in [4.78, 5) is 27.7. The molecule has 3 rings (SSSR count). The molecule has 7 heteroatoms. The Morgan fingerprint density at radius 2 is 1.86 bits per heavy atom. The van der Waals surface area contributed by atoms with Gasteiger partial charge in [0.2, 0.25) is 11.8 Å². The van der Waals surface area contributed by atoms with Gasteiger partial charge in [-0.3, -0.25) is 9.59 Å². The summed E-state index contributed by atoms with van der Waals surface area (Å²) in [5.41, 5.74) is 0.968. The number of anilines is 1. The van der Waals surface area contributed by atoms with Gasteiger partial charge >= 0.3 is 0 Å². The molecule has 2 aliphatic heterocycles. The lowest BCUT2D eigenvalue weighted by Crippen LogP contribution is -2.57. The number of piperazine rings is 1. The summed E-state index contributed by atoms with van der Waals surface area (Å²) < 4.78 is 13.0. The summed E-state index contributed by atoms with van der Waals surface area (Å²) in [6.45, 7) is 2.66. The number of rotatable bonds is 2. The zero-order valence-corrected chi connectivity index (χ0v) is 12.9. The van der Waals surface area contributed by atoms with Crippen molar-refractivity contribution in [2.75, 3.05) is 42.6 Å². The quantitative estimate of drug-likeness (QED) is 0.871. The molecule has 1 unspecified atom stereocenters. The van der Waals surface area contributed by atoms with Gasteiger partial charge in [0.25, 0.3) is 0 Å². The average Bonchev–Trinajstić information content (AvgIpc) is 2.55. The van der Waals surface area contributed by atoms with Crippen molar-refractivity contribution in [1.29, 1.82) is 0 Å². The van der Waals surface area contributed by atoms with Gasteiger partial charge in [-0.15, -0.1) is 11.8 Å². The third-order valence-corrected chi connectivity index (χ3v) is 4.97. The fourth-order valence-electron chi connectivity index (χ4n) is 2.74. The van der Waals surface area contributed by atoms with E-state index in [0.717, 1.165) is 5.69 Å². The first-order valence-corrected chi connectivity index (χ1v) is 8.45. The maximum atomic E-state index is 13.0. The maximum absolute atomic E-state index is 13.0. The van der Waals surface area contributed by atoms with Crippen molar-refractivity contribution in [2.24, 2.45) is 0 Å². The molecule has 0 aromatic heterocycles. The van der Waals surface area contributed by atoms with Crippen molar-refractivity contribution in [3.63, 3.8) is 0 Å². The van der Waals surface area contributed by atoms with Crippen LogP contribution in [0.15, 0.2) is 24.3 Å². The van der Waals surface area contributed by atoms with E-state index >= 15 is 0 Å². The lowest BCUT2D eigenvalue weighted by atomic mass is 10.2. The number of amides is 2. The van der Waals surface area contributed by atoms with Crippen LogP contribution < -0.4 is 10.2 Å². The van der Waals surface area contributed by atoms with Crippen molar-refractivity contribution in [3.05, 3.63) is 30.1 Å². The minimum atomic E-state index is -0.399. The molecule has 1 atom stereocenters. The minimum Gasteiger partial charge on any atom is -0.368 e. The van der Waals surface area contributed by atoms with Gasteiger partial charge in [-0.25, -0.2) is 4.39 Å². The van der Waals surface area contributed by atoms with Crippen molar-refractivity contribution in [2.45, 2.75) is 6.04 Å². The number of halogens is 1. The van der Waals surface area contributed by atoms with Crippen LogP contribution in [0, 0.1) is 5.82 Å². The summed E-state index contributed by atoms with van der Waals surface area (Å²) >= 11 is 1.50. The van der Waals surface area contributed by atoms with Crippen molar-refractivity contribution in [1.82, 2.24) is 10.2 Å². The summed E-state index contributed by atoms with van der Waals surface area (Å²) in [6, 6.07) is 6.00. The second-order valence-corrected chi connectivity index (χ2v) is 6.45. The smallest absolute Gasteiger partial charge is 0.246 e. The maximum Gasteiger partial charge on any atom is 0.246 e. The second-order valence-electron chi connectivity index (χ2n) is 5.42. The van der Waals surface area contributed by atoms with Gasteiger partial charge in [-0.05, 0) is 24.3 Å². The van der Waals surface area contributed by atoms with Gasteiger partial charge in [-0.1, -0.05) is 0 Å². The predicted octanol–water partition coefficient (Wildman–Crippen LogP) is 0.706. The van der Waals surface area contributed by atoms with E-state index in [1.54, 1.807) is 17.0 Å². The molecule has 0 spiro atoms. The number of hydrogen-bond acceptors (Lipinski definition) is 4. The Morgan fingerprint density at radius 3 is 2.50 bits per heavy atom. The van der Waals surface area contributed by atoms with Crippen molar-refractivity contribution < 1.29 is 14.0 Å². The van der Waals surface area contributed by atoms with Crippen LogP contribution in [0.3, 0.4) is 0 Å². The first kappa shape index (κ1) is 15.1. The highest BCUT2D eigenvalue weighted by atomic mass is 32.2. The summed E-state index contributed by atoms with van der Waals surface area (Å²) in [5, 5.41) is 2.76. The van der Waals surface area contributed by atoms with Crippen LogP contribution in [-0.4, -0.2) is 60.4 Å². The van der Waals surface area contributed by atoms with E-state index < -0.39 is 6.04 Å². The van der Waals surface area contributed by atoms with Crippen LogP contribution in [0.5, 0.6) is 0 Å². The summed E-state index contributed by atoms with van der Waals surface area (Å²) in [7, 11) is 0. The topological polar surface area (TPSA) is 52.7 Å². The van der Waals surface area contributed by atoms with Crippen LogP contribution in [-0.2, 0) is 9.59 Å². The molecule has 2 fully saturated rings. The molecule has 1 N–H and O–H groups in total. The number of nitrogens with one attached hydrogen (secondary N) is 1. The Morgan fingerprint density at radius 1 is 1.18 bits per heavy atom. The first-order valence-electron chi connectivity index (χ1n) is 7.30. The van der Waals surface area contributed by atoms with E-state index in [9.17, 15) is 14.0 Å². The van der Waals surface area contributed by atoms with Gasteiger partial charge in [-0.2, -0.15) is 0 Å². The lowest BCUT2D eigenvalue weighted by Gasteiger charge is -2.38. The molecule has 0 radical (unpaired) electrons. The first-order chi connectivity index (χ1) is 10.6. The zero-order valence-electron chi connectivity index (χ0n) is 12.1. The number of carbonyl (C=O) groups is 2. The van der Waals surface area contributed by atoms with Gasteiger partial charge in [0.05, 0.1) is 5.75 Å². The Bertz CT molecular complexity index is 558. The number of benzene rings is 1. The molecule has 2 amide bonds. The molecule has 22 heavy (non-hydrogen) atoms. The van der Waals surface area contributed by atoms with Crippen LogP contribution in [0.25, 0.3) is 0 Å². The largest absolute Gasteiger partial charge is 0.368 e. The summed E-state index contributed by atoms with van der Waals surface area (Å²) in [6.07, 6.45) is 0. The number of carbonyl (C=O) groups excluding carboxylic acids is 2. The number of hydrogen-bond donors (Lipinski definition) is 1. The molecular weight excluding hydrogens is 305 g/mol. The Kier molecular flexibility index (Phi) is 4.52. The van der Waals surface area contributed by atoms with Crippen molar-refractivity contribution in [3.8, 4) is 0 Å². The standard InChI is InChI=1S/C15H18FN3O2S/c16-11-1-3-12(4-2-11)18-5-7-19(8-6-18)15(21)13-9-22-10-14(20)17-13/h1-4,13H,5-10H2,(H,17,20). The molecule has 0 aliphatic carbocycles. The highest BCUT2D eigenvalue weighted by Gasteiger charge is 2.30. The van der Waals surface area contributed by atoms with Gasteiger partial charge < -0.3 is 15.1 Å². The molecule has 0 saturated carbocycles. The lowest BCUT2D eigenvalue weighted by molar-refractivity contribution is -0.135. The van der Waals surface area contributed by atoms with E-state index in [1.165, 1.54) is 23.9 Å². The number of nitrogens with zero attached hydrogens (tertiary/aromatic N) is 2. The normalized spacial score (nSPS) is 22.4. The second kappa shape index (κ2) is 6.56. The molecule has 2 saturated heterocycles. The molecule has 0 bridgehead atoms. The third-order valence-electron chi connectivity index (χ3n) is 3.93. The summed E-state index contributed by atoms with van der Waals surface area (Å²) in [5.74, 6) is 0.757. The Labute approximate surface area is 132 Å². The highest BCUT2D eigenvalue weighted by Crippen LogP contribution is 2.18. The predicted molar refractivity (Wildman–Crippen MR) is 84.4 cm³/mol. The van der Waals surface area contributed by atoms with Gasteiger partial charge in [0, 0.05) is 37.6 Å². The Hall–Kier alpha value is -1.76. The van der Waals surface area contributed by atoms with E-state index in [0.29, 0.717) is 37.7 Å². The van der Waals surface area contributed by atoms with E-state index in [1.807, 2.05) is 0 Å². The zero-order chi connectivity index (χ0) is 15.5. The fourth-order valence-corrected chi connectivity index (χ4v) is 3.59. The van der Waals surface area contributed by atoms with Crippen molar-refractivity contribution >= 4 is 29.3 Å². The highest BCUT2D eigenvalue weighted by molar-refractivity contribution is 8.00. The van der Waals surface area contributed by atoms with E-state index in [4.69, 9.17) is 0 Å². The van der Waals surface area contributed by atoms with E-state index in [2.05, 4.69) is 10.2 Å². The average molecular weight is 323 g/mol. The van der Waals surface area contributed by atoms with Gasteiger partial charge in [0.1, 0.15) is 11.9 Å². The monoisotopic (exact) mass is 323 g/mol. The minimum absolute atomic E-state index is 0.000642. The molecule has 1 aromatic carbocycles. The third kappa shape index (κ3) is 3.35. The van der Waals surface area contributed by atoms with E-state index in [-0.39, 0.29) is 17.6 Å². The van der Waals surface area contributed by atoms with Gasteiger partial charge in [0.15, 0.2) is 0 Å². The number of thioether (sulfide) groups is 1. The Balaban J connectivity index is 1.56. The molecule has 5 nitrogen and oxygen atoms in total. The molecule has 118 valence electrons. The van der Waals surface area contributed by atoms with Crippen LogP contribution in [0.2, 0.25) is 0 Å². The SMILES string of the molecule is O=C1CSCC(C(=O)N2CCN(c3ccc(F)cc3)CC2)N1. The van der Waals surface area contributed by atoms with Crippen LogP contribution in [0.4, 0.5) is 10.1 Å². The van der Waals surface area contributed by atoms with Crippen LogP contribution >= 0.6 is 11.8 Å². The fraction of sp³-hybridized carbons (Fsp3) is 0.467. The molecule has 2 heterocycles. The molecule has 2 aliphatic rings. The molecule has 1 aromatic rings. The molecular formula is C15H18FN3O2S.